The van der Waals surface area contributed by atoms with E-state index in [9.17, 15) is 4.79 Å². The Morgan fingerprint density at radius 3 is 3.03 bits per heavy atom. The topological polar surface area (TPSA) is 157 Å². The highest BCUT2D eigenvalue weighted by atomic mass is 16.5. The van der Waals surface area contributed by atoms with Crippen LogP contribution in [0.3, 0.4) is 0 Å². The van der Waals surface area contributed by atoms with Crippen LogP contribution in [-0.4, -0.2) is 46.9 Å². The molecule has 29 heavy (non-hydrogen) atoms. The Balaban J connectivity index is 1.60. The van der Waals surface area contributed by atoms with Gasteiger partial charge in [-0.2, -0.15) is 10.1 Å². The van der Waals surface area contributed by atoms with Crippen LogP contribution >= 0.6 is 0 Å². The van der Waals surface area contributed by atoms with E-state index in [1.165, 1.54) is 0 Å². The number of carbonyl (C=O) groups is 1. The molecule has 2 aromatic rings. The van der Waals surface area contributed by atoms with E-state index in [0.717, 1.165) is 29.6 Å². The molecule has 2 atom stereocenters. The van der Waals surface area contributed by atoms with Crippen molar-refractivity contribution in [3.63, 3.8) is 0 Å². The fourth-order valence-corrected chi connectivity index (χ4v) is 3.37. The van der Waals surface area contributed by atoms with Gasteiger partial charge in [0.1, 0.15) is 0 Å². The Bertz CT molecular complexity index is 981. The summed E-state index contributed by atoms with van der Waals surface area (Å²) in [5, 5.41) is 11.8. The number of benzene rings is 1. The Morgan fingerprint density at radius 1 is 1.41 bits per heavy atom. The number of hydrazine groups is 1. The van der Waals surface area contributed by atoms with Gasteiger partial charge >= 0.3 is 0 Å². The number of aliphatic imine (C=N–C) groups is 1. The summed E-state index contributed by atoms with van der Waals surface area (Å²) in [4.78, 5) is 16.4. The van der Waals surface area contributed by atoms with Gasteiger partial charge in [0.2, 0.25) is 5.96 Å². The van der Waals surface area contributed by atoms with Crippen LogP contribution in [-0.2, 0) is 16.1 Å². The minimum atomic E-state index is -0.634. The number of primary amides is 1. The SMILES string of the molecule is CCn1ncc2ccc(NC3=C(C(N)=O)NNC(N[C@@H]4CCOC[C@@H]4N)=N3)cc21. The number of carbonyl (C=O) groups excluding carboxylic acids is 1. The van der Waals surface area contributed by atoms with E-state index in [2.05, 4.69) is 31.6 Å². The van der Waals surface area contributed by atoms with E-state index in [4.69, 9.17) is 16.2 Å². The number of nitrogens with zero attached hydrogens (tertiary/aromatic N) is 3. The molecule has 154 valence electrons. The second kappa shape index (κ2) is 7.97. The molecule has 11 heteroatoms. The van der Waals surface area contributed by atoms with Gasteiger partial charge in [-0.25, -0.2) is 0 Å². The summed E-state index contributed by atoms with van der Waals surface area (Å²) >= 11 is 0. The van der Waals surface area contributed by atoms with Gasteiger partial charge in [-0.1, -0.05) is 0 Å². The lowest BCUT2D eigenvalue weighted by atomic mass is 10.1. The molecule has 8 N–H and O–H groups in total. The molecule has 0 saturated carbocycles. The maximum atomic E-state index is 11.9. The maximum Gasteiger partial charge on any atom is 0.270 e. The summed E-state index contributed by atoms with van der Waals surface area (Å²) in [5.74, 6) is 0.117. The first-order valence-electron chi connectivity index (χ1n) is 9.52. The van der Waals surface area contributed by atoms with E-state index < -0.39 is 5.91 Å². The van der Waals surface area contributed by atoms with Gasteiger partial charge in [0, 0.05) is 36.3 Å². The van der Waals surface area contributed by atoms with Crippen molar-refractivity contribution < 1.29 is 9.53 Å². The number of hydrogen-bond acceptors (Lipinski definition) is 9. The number of rotatable bonds is 5. The van der Waals surface area contributed by atoms with Gasteiger partial charge in [0.25, 0.3) is 5.91 Å². The number of anilines is 1. The standard InChI is InChI=1S/C18H25N9O2/c1-2-27-14-7-11(4-3-10(14)8-21-27)22-17-15(16(20)28)25-26-18(24-17)23-13-5-6-29-9-12(13)19/h3-4,7-8,12-13,22,25H,2,5-6,9,19H2,1H3,(H2,20,28)(H2,23,24,26)/t12-,13+/m0/s1. The highest BCUT2D eigenvalue weighted by Gasteiger charge is 2.26. The van der Waals surface area contributed by atoms with Crippen LogP contribution in [0.25, 0.3) is 10.9 Å². The first-order chi connectivity index (χ1) is 14.0. The molecule has 0 spiro atoms. The van der Waals surface area contributed by atoms with E-state index in [0.29, 0.717) is 25.0 Å². The largest absolute Gasteiger partial charge is 0.380 e. The molecule has 0 bridgehead atoms. The van der Waals surface area contributed by atoms with E-state index in [1.54, 1.807) is 0 Å². The fourth-order valence-electron chi connectivity index (χ4n) is 3.37. The number of amides is 1. The van der Waals surface area contributed by atoms with Crippen molar-refractivity contribution in [3.8, 4) is 0 Å². The van der Waals surface area contributed by atoms with Crippen molar-refractivity contribution in [1.82, 2.24) is 25.9 Å². The summed E-state index contributed by atoms with van der Waals surface area (Å²) in [5.41, 5.74) is 19.1. The number of nitrogens with two attached hydrogens (primary N) is 2. The highest BCUT2D eigenvalue weighted by Crippen LogP contribution is 2.21. The molecule has 3 heterocycles. The zero-order valence-corrected chi connectivity index (χ0v) is 16.1. The molecule has 1 aromatic carbocycles. The van der Waals surface area contributed by atoms with Gasteiger partial charge in [0.05, 0.1) is 18.3 Å². The number of fused-ring (bicyclic) bond motifs is 1. The van der Waals surface area contributed by atoms with Crippen molar-refractivity contribution in [2.24, 2.45) is 16.5 Å². The lowest BCUT2D eigenvalue weighted by Gasteiger charge is -2.32. The van der Waals surface area contributed by atoms with Crippen LogP contribution in [0.1, 0.15) is 13.3 Å². The smallest absolute Gasteiger partial charge is 0.270 e. The molecule has 4 rings (SSSR count). The Hall–Kier alpha value is -3.31. The minimum absolute atomic E-state index is 0.00318. The molecule has 1 aromatic heterocycles. The van der Waals surface area contributed by atoms with E-state index >= 15 is 0 Å². The number of aromatic nitrogens is 2. The van der Waals surface area contributed by atoms with Crippen LogP contribution < -0.4 is 33.0 Å². The molecular weight excluding hydrogens is 374 g/mol. The van der Waals surface area contributed by atoms with Gasteiger partial charge in [0.15, 0.2) is 11.5 Å². The third-order valence-electron chi connectivity index (χ3n) is 4.94. The van der Waals surface area contributed by atoms with Gasteiger partial charge in [-0.05, 0) is 31.5 Å². The number of hydrogen-bond donors (Lipinski definition) is 6. The molecule has 0 radical (unpaired) electrons. The Morgan fingerprint density at radius 2 is 2.28 bits per heavy atom. The van der Waals surface area contributed by atoms with Crippen molar-refractivity contribution in [1.29, 1.82) is 0 Å². The molecule has 0 aliphatic carbocycles. The fraction of sp³-hybridized carbons (Fsp3) is 0.389. The average Bonchev–Trinajstić information content (AvgIpc) is 3.12. The van der Waals surface area contributed by atoms with E-state index in [-0.39, 0.29) is 17.8 Å². The van der Waals surface area contributed by atoms with E-state index in [1.807, 2.05) is 36.0 Å². The first-order valence-corrected chi connectivity index (χ1v) is 9.52. The van der Waals surface area contributed by atoms with Crippen LogP contribution in [0.2, 0.25) is 0 Å². The Labute approximate surface area is 167 Å². The first kappa shape index (κ1) is 19.0. The van der Waals surface area contributed by atoms with Crippen molar-refractivity contribution in [2.45, 2.75) is 32.0 Å². The molecule has 11 nitrogen and oxygen atoms in total. The molecule has 1 fully saturated rings. The average molecular weight is 399 g/mol. The predicted molar refractivity (Wildman–Crippen MR) is 109 cm³/mol. The monoisotopic (exact) mass is 399 g/mol. The van der Waals surface area contributed by atoms with Gasteiger partial charge in [-0.15, -0.1) is 0 Å². The van der Waals surface area contributed by atoms with Crippen molar-refractivity contribution in [3.05, 3.63) is 35.9 Å². The molecule has 2 aliphatic rings. The summed E-state index contributed by atoms with van der Waals surface area (Å²) in [6.45, 7) is 3.90. The van der Waals surface area contributed by atoms with Gasteiger partial charge in [-0.3, -0.25) is 20.3 Å². The molecule has 1 amide bonds. The van der Waals surface area contributed by atoms with Gasteiger partial charge < -0.3 is 26.8 Å². The lowest BCUT2D eigenvalue weighted by molar-refractivity contribution is -0.115. The highest BCUT2D eigenvalue weighted by molar-refractivity contribution is 5.95. The summed E-state index contributed by atoms with van der Waals surface area (Å²) in [7, 11) is 0. The van der Waals surface area contributed by atoms with Crippen LogP contribution in [0, 0.1) is 0 Å². The zero-order chi connectivity index (χ0) is 20.4. The molecule has 1 saturated heterocycles. The minimum Gasteiger partial charge on any atom is -0.380 e. The summed E-state index contributed by atoms with van der Waals surface area (Å²) < 4.78 is 7.26. The predicted octanol–water partition coefficient (Wildman–Crippen LogP) is -0.708. The molecule has 2 aliphatic heterocycles. The normalized spacial score (nSPS) is 21.9. The third-order valence-corrected chi connectivity index (χ3v) is 4.94. The number of aryl methyl sites for hydroxylation is 1. The quantitative estimate of drug-likeness (QED) is 0.385. The van der Waals surface area contributed by atoms with Crippen molar-refractivity contribution >= 4 is 28.5 Å². The molecule has 0 unspecified atom stereocenters. The third kappa shape index (κ3) is 3.96. The summed E-state index contributed by atoms with van der Waals surface area (Å²) in [6.07, 6.45) is 2.58. The number of ether oxygens (including phenoxy) is 1. The van der Waals surface area contributed by atoms with Crippen LogP contribution in [0.5, 0.6) is 0 Å². The van der Waals surface area contributed by atoms with Crippen molar-refractivity contribution in [2.75, 3.05) is 18.5 Å². The maximum absolute atomic E-state index is 11.9. The second-order valence-corrected chi connectivity index (χ2v) is 6.94. The van der Waals surface area contributed by atoms with Crippen LogP contribution in [0.15, 0.2) is 40.9 Å². The summed E-state index contributed by atoms with van der Waals surface area (Å²) in [6, 6.07) is 5.66. The lowest BCUT2D eigenvalue weighted by Crippen LogP contribution is -2.59. The zero-order valence-electron chi connectivity index (χ0n) is 16.1. The second-order valence-electron chi connectivity index (χ2n) is 6.94. The Kier molecular flexibility index (Phi) is 5.23. The van der Waals surface area contributed by atoms with Crippen LogP contribution in [0.4, 0.5) is 5.69 Å². The number of nitrogens with one attached hydrogen (secondary N) is 4. The molecular formula is C18H25N9O2. The number of guanidine groups is 1.